The second-order valence-electron chi connectivity index (χ2n) is 6.41. The fraction of sp³-hybridized carbons (Fsp3) is 0.211. The number of halogens is 2. The van der Waals surface area contributed by atoms with Gasteiger partial charge in [-0.05, 0) is 18.2 Å². The summed E-state index contributed by atoms with van der Waals surface area (Å²) >= 11 is 13.7. The van der Waals surface area contributed by atoms with E-state index in [1.807, 2.05) is 29.2 Å². The lowest BCUT2D eigenvalue weighted by Gasteiger charge is -2.35. The maximum absolute atomic E-state index is 13.0. The third kappa shape index (κ3) is 3.41. The van der Waals surface area contributed by atoms with Gasteiger partial charge in [-0.15, -0.1) is 11.3 Å². The van der Waals surface area contributed by atoms with Crippen LogP contribution in [0.25, 0.3) is 10.1 Å². The molecule has 1 saturated heterocycles. The monoisotopic (exact) mass is 435 g/mol. The molecule has 0 unspecified atom stereocenters. The lowest BCUT2D eigenvalue weighted by Crippen LogP contribution is -2.48. The van der Waals surface area contributed by atoms with Crippen LogP contribution in [0.2, 0.25) is 10.0 Å². The van der Waals surface area contributed by atoms with Gasteiger partial charge in [0, 0.05) is 47.4 Å². The van der Waals surface area contributed by atoms with Gasteiger partial charge in [-0.1, -0.05) is 41.4 Å². The average Bonchev–Trinajstić information content (AvgIpc) is 3.04. The summed E-state index contributed by atoms with van der Waals surface area (Å²) < 4.78 is 0.978. The predicted octanol–water partition coefficient (Wildman–Crippen LogP) is 5.08. The fourth-order valence-corrected chi connectivity index (χ4v) is 5.00. The Morgan fingerprint density at radius 1 is 1.07 bits per heavy atom. The molecular formula is C19H15Cl2N3O3S. The van der Waals surface area contributed by atoms with Gasteiger partial charge in [0.05, 0.1) is 9.95 Å². The second kappa shape index (κ2) is 7.58. The zero-order chi connectivity index (χ0) is 19.8. The number of piperazine rings is 1. The maximum atomic E-state index is 13.0. The Balaban J connectivity index is 1.52. The van der Waals surface area contributed by atoms with Crippen molar-refractivity contribution in [2.75, 3.05) is 31.1 Å². The highest BCUT2D eigenvalue weighted by molar-refractivity contribution is 7.21. The zero-order valence-corrected chi connectivity index (χ0v) is 16.9. The van der Waals surface area contributed by atoms with Gasteiger partial charge in [-0.3, -0.25) is 14.9 Å². The van der Waals surface area contributed by atoms with Crippen LogP contribution in [-0.4, -0.2) is 41.9 Å². The number of nitro groups is 1. The van der Waals surface area contributed by atoms with Crippen molar-refractivity contribution in [1.29, 1.82) is 0 Å². The minimum absolute atomic E-state index is 0.0279. The molecule has 1 aliphatic rings. The molecule has 1 aliphatic heterocycles. The molecule has 0 aliphatic carbocycles. The van der Waals surface area contributed by atoms with E-state index >= 15 is 0 Å². The number of amides is 1. The Kier molecular flexibility index (Phi) is 5.14. The largest absolute Gasteiger partial charge is 0.362 e. The molecule has 4 rings (SSSR count). The molecule has 0 radical (unpaired) electrons. The Morgan fingerprint density at radius 3 is 2.46 bits per heavy atom. The minimum atomic E-state index is -0.435. The number of rotatable bonds is 3. The quantitative estimate of drug-likeness (QED) is 0.424. The molecule has 28 heavy (non-hydrogen) atoms. The third-order valence-corrected chi connectivity index (χ3v) is 6.67. The number of benzene rings is 2. The van der Waals surface area contributed by atoms with Crippen molar-refractivity contribution < 1.29 is 9.72 Å². The molecule has 6 nitrogen and oxygen atoms in total. The molecule has 1 fully saturated rings. The van der Waals surface area contributed by atoms with E-state index in [9.17, 15) is 14.9 Å². The maximum Gasteiger partial charge on any atom is 0.294 e. The number of nitro benzene ring substituents is 1. The van der Waals surface area contributed by atoms with Crippen LogP contribution in [0.3, 0.4) is 0 Å². The van der Waals surface area contributed by atoms with Crippen molar-refractivity contribution in [1.82, 2.24) is 4.90 Å². The minimum Gasteiger partial charge on any atom is -0.362 e. The summed E-state index contributed by atoms with van der Waals surface area (Å²) in [5.74, 6) is -0.101. The van der Waals surface area contributed by atoms with Gasteiger partial charge in [0.25, 0.3) is 11.6 Å². The normalized spacial score (nSPS) is 14.5. The van der Waals surface area contributed by atoms with E-state index in [1.165, 1.54) is 17.4 Å². The van der Waals surface area contributed by atoms with Crippen molar-refractivity contribution in [3.8, 4) is 0 Å². The summed E-state index contributed by atoms with van der Waals surface area (Å²) in [7, 11) is 0. The molecule has 1 aromatic heterocycles. The third-order valence-electron chi connectivity index (χ3n) is 4.77. The summed E-state index contributed by atoms with van der Waals surface area (Å²) in [5, 5.41) is 13.0. The summed E-state index contributed by atoms with van der Waals surface area (Å²) in [6, 6.07) is 12.3. The van der Waals surface area contributed by atoms with Crippen LogP contribution in [0, 0.1) is 10.1 Å². The first-order chi connectivity index (χ1) is 13.5. The van der Waals surface area contributed by atoms with Gasteiger partial charge in [0.1, 0.15) is 10.6 Å². The SMILES string of the molecule is O=C(c1sc2ccccc2c1Cl)N1CCN(c2ccc(Cl)cc2[N+](=O)[O-])CC1. The van der Waals surface area contributed by atoms with Crippen LogP contribution in [0.5, 0.6) is 0 Å². The molecule has 0 saturated carbocycles. The molecule has 0 bridgehead atoms. The van der Waals surface area contributed by atoms with Crippen molar-refractivity contribution in [2.45, 2.75) is 0 Å². The van der Waals surface area contributed by atoms with E-state index in [0.717, 1.165) is 10.1 Å². The number of anilines is 1. The van der Waals surface area contributed by atoms with Crippen LogP contribution in [0.4, 0.5) is 11.4 Å². The standard InChI is InChI=1S/C19H15Cl2N3O3S/c20-12-5-6-14(15(11-12)24(26)27)22-7-9-23(10-8-22)19(25)18-17(21)13-3-1-2-4-16(13)28-18/h1-6,11H,7-10H2. The molecule has 144 valence electrons. The first-order valence-electron chi connectivity index (χ1n) is 8.61. The molecule has 2 heterocycles. The average molecular weight is 436 g/mol. The lowest BCUT2D eigenvalue weighted by atomic mass is 10.2. The Bertz CT molecular complexity index is 1080. The Hall–Kier alpha value is -2.35. The van der Waals surface area contributed by atoms with E-state index in [4.69, 9.17) is 23.2 Å². The topological polar surface area (TPSA) is 66.7 Å². The number of fused-ring (bicyclic) bond motifs is 1. The molecule has 0 N–H and O–H groups in total. The van der Waals surface area contributed by atoms with Crippen molar-refractivity contribution in [3.05, 3.63) is 67.5 Å². The molecule has 9 heteroatoms. The second-order valence-corrected chi connectivity index (χ2v) is 8.28. The lowest BCUT2D eigenvalue weighted by molar-refractivity contribution is -0.384. The van der Waals surface area contributed by atoms with Crippen LogP contribution >= 0.6 is 34.5 Å². The summed E-state index contributed by atoms with van der Waals surface area (Å²) in [6.45, 7) is 1.92. The number of hydrogen-bond donors (Lipinski definition) is 0. The van der Waals surface area contributed by atoms with Gasteiger partial charge in [0.15, 0.2) is 0 Å². The first kappa shape index (κ1) is 19.0. The van der Waals surface area contributed by atoms with Crippen molar-refractivity contribution in [3.63, 3.8) is 0 Å². The molecule has 0 atom stereocenters. The zero-order valence-electron chi connectivity index (χ0n) is 14.6. The van der Waals surface area contributed by atoms with Gasteiger partial charge in [0.2, 0.25) is 0 Å². The fourth-order valence-electron chi connectivity index (χ4n) is 3.36. The van der Waals surface area contributed by atoms with E-state index < -0.39 is 4.92 Å². The molecule has 2 aromatic carbocycles. The molecule has 3 aromatic rings. The van der Waals surface area contributed by atoms with E-state index in [2.05, 4.69) is 0 Å². The van der Waals surface area contributed by atoms with Gasteiger partial charge in [-0.25, -0.2) is 0 Å². The van der Waals surface area contributed by atoms with Gasteiger partial charge in [-0.2, -0.15) is 0 Å². The van der Waals surface area contributed by atoms with Crippen LogP contribution in [0.1, 0.15) is 9.67 Å². The number of carbonyl (C=O) groups is 1. The van der Waals surface area contributed by atoms with E-state index in [1.54, 1.807) is 17.0 Å². The number of thiophene rings is 1. The number of nitrogens with zero attached hydrogens (tertiary/aromatic N) is 3. The van der Waals surface area contributed by atoms with Crippen molar-refractivity contribution in [2.24, 2.45) is 0 Å². The summed E-state index contributed by atoms with van der Waals surface area (Å²) in [5.41, 5.74) is 0.487. The van der Waals surface area contributed by atoms with Crippen LogP contribution < -0.4 is 4.90 Å². The van der Waals surface area contributed by atoms with E-state index in [0.29, 0.717) is 46.8 Å². The highest BCUT2D eigenvalue weighted by Gasteiger charge is 2.28. The number of carbonyl (C=O) groups excluding carboxylic acids is 1. The highest BCUT2D eigenvalue weighted by atomic mass is 35.5. The predicted molar refractivity (Wildman–Crippen MR) is 113 cm³/mol. The first-order valence-corrected chi connectivity index (χ1v) is 10.2. The Labute approximate surface area is 175 Å². The number of hydrogen-bond acceptors (Lipinski definition) is 5. The Morgan fingerprint density at radius 2 is 1.79 bits per heavy atom. The molecular weight excluding hydrogens is 421 g/mol. The van der Waals surface area contributed by atoms with Gasteiger partial charge < -0.3 is 9.80 Å². The highest BCUT2D eigenvalue weighted by Crippen LogP contribution is 2.36. The summed E-state index contributed by atoms with van der Waals surface area (Å²) in [6.07, 6.45) is 0. The summed E-state index contributed by atoms with van der Waals surface area (Å²) in [4.78, 5) is 28.1. The van der Waals surface area contributed by atoms with Crippen LogP contribution in [0.15, 0.2) is 42.5 Å². The molecule has 1 amide bonds. The van der Waals surface area contributed by atoms with Gasteiger partial charge >= 0.3 is 0 Å². The van der Waals surface area contributed by atoms with Crippen LogP contribution in [-0.2, 0) is 0 Å². The molecule has 0 spiro atoms. The van der Waals surface area contributed by atoms with Crippen molar-refractivity contribution >= 4 is 61.9 Å². The van der Waals surface area contributed by atoms with E-state index in [-0.39, 0.29) is 11.6 Å². The smallest absolute Gasteiger partial charge is 0.294 e.